The number of hydrogen-bond donors (Lipinski definition) is 2. The number of ether oxygens (including phenoxy) is 1. The Morgan fingerprint density at radius 3 is 2.89 bits per heavy atom. The minimum absolute atomic E-state index is 0.127. The van der Waals surface area contributed by atoms with Crippen LogP contribution in [0.1, 0.15) is 28.0 Å². The van der Waals surface area contributed by atoms with Crippen LogP contribution in [0.5, 0.6) is 0 Å². The van der Waals surface area contributed by atoms with Gasteiger partial charge in [0.2, 0.25) is 0 Å². The number of pyridine rings is 1. The molecule has 0 aliphatic carbocycles. The third-order valence-corrected chi connectivity index (χ3v) is 4.42. The van der Waals surface area contributed by atoms with Crippen LogP contribution in [0.2, 0.25) is 0 Å². The van der Waals surface area contributed by atoms with Crippen molar-refractivity contribution in [3.8, 4) is 0 Å². The van der Waals surface area contributed by atoms with Crippen molar-refractivity contribution in [3.05, 3.63) is 70.1 Å². The Morgan fingerprint density at radius 2 is 2.14 bits per heavy atom. The third kappa shape index (κ3) is 4.23. The smallest absolute Gasteiger partial charge is 0.278 e. The number of halogens is 1. The van der Waals surface area contributed by atoms with Gasteiger partial charge in [-0.1, -0.05) is 12.6 Å². The van der Waals surface area contributed by atoms with Crippen molar-refractivity contribution in [2.75, 3.05) is 18.5 Å². The van der Waals surface area contributed by atoms with Crippen LogP contribution >= 0.6 is 0 Å². The average Bonchev–Trinajstić information content (AvgIpc) is 3.14. The number of hydroxylamine groups is 1. The van der Waals surface area contributed by atoms with Gasteiger partial charge in [-0.15, -0.1) is 0 Å². The van der Waals surface area contributed by atoms with E-state index in [9.17, 15) is 14.0 Å². The molecular formula is C20H22FN3O4. The molecule has 0 saturated heterocycles. The maximum absolute atomic E-state index is 14.3. The molecule has 28 heavy (non-hydrogen) atoms. The molecule has 1 aromatic heterocycles. The summed E-state index contributed by atoms with van der Waals surface area (Å²) in [6.45, 7) is 6.10. The summed E-state index contributed by atoms with van der Waals surface area (Å²) in [4.78, 5) is 30.3. The quantitative estimate of drug-likeness (QED) is 0.414. The zero-order valence-electron chi connectivity index (χ0n) is 15.6. The first-order chi connectivity index (χ1) is 13.5. The number of benzene rings is 1. The molecule has 8 heteroatoms. The van der Waals surface area contributed by atoms with Crippen LogP contribution in [0, 0.1) is 12.7 Å². The fourth-order valence-electron chi connectivity index (χ4n) is 3.17. The zero-order valence-corrected chi connectivity index (χ0v) is 15.6. The highest BCUT2D eigenvalue weighted by molar-refractivity contribution is 6.01. The van der Waals surface area contributed by atoms with E-state index in [0.29, 0.717) is 18.7 Å². The monoisotopic (exact) mass is 387 g/mol. The Kier molecular flexibility index (Phi) is 6.10. The number of amides is 1. The molecule has 1 aliphatic heterocycles. The second-order valence-electron chi connectivity index (χ2n) is 6.40. The van der Waals surface area contributed by atoms with Crippen molar-refractivity contribution in [2.24, 2.45) is 0 Å². The molecule has 0 atom stereocenters. The number of hydrogen-bond acceptors (Lipinski definition) is 5. The predicted octanol–water partition coefficient (Wildman–Crippen LogP) is 2.81. The fourth-order valence-corrected chi connectivity index (χ4v) is 3.17. The Balaban J connectivity index is 1.91. The van der Waals surface area contributed by atoms with E-state index >= 15 is 0 Å². The molecule has 1 amide bonds. The van der Waals surface area contributed by atoms with Gasteiger partial charge in [0.25, 0.3) is 11.5 Å². The lowest BCUT2D eigenvalue weighted by Crippen LogP contribution is -2.30. The van der Waals surface area contributed by atoms with Crippen molar-refractivity contribution >= 4 is 17.3 Å². The second kappa shape index (κ2) is 8.71. The molecule has 3 rings (SSSR count). The lowest BCUT2D eigenvalue weighted by atomic mass is 10.1. The van der Waals surface area contributed by atoms with Crippen molar-refractivity contribution in [1.29, 1.82) is 0 Å². The van der Waals surface area contributed by atoms with Crippen molar-refractivity contribution in [2.45, 2.75) is 26.3 Å². The summed E-state index contributed by atoms with van der Waals surface area (Å²) in [7, 11) is 0. The number of rotatable bonds is 8. The van der Waals surface area contributed by atoms with Gasteiger partial charge in [-0.3, -0.25) is 14.4 Å². The number of aryl methyl sites for hydroxylation is 1. The van der Waals surface area contributed by atoms with E-state index in [1.807, 2.05) is 0 Å². The molecule has 0 fully saturated rings. The highest BCUT2D eigenvalue weighted by atomic mass is 19.1. The van der Waals surface area contributed by atoms with Crippen LogP contribution in [0.3, 0.4) is 0 Å². The number of nitrogens with zero attached hydrogens (tertiary/aromatic N) is 1. The van der Waals surface area contributed by atoms with Gasteiger partial charge in [0.1, 0.15) is 19.0 Å². The molecule has 0 unspecified atom stereocenters. The van der Waals surface area contributed by atoms with Gasteiger partial charge in [-0.25, -0.2) is 9.87 Å². The number of carbonyl (C=O) groups is 1. The maximum atomic E-state index is 14.3. The molecular weight excluding hydrogens is 365 g/mol. The van der Waals surface area contributed by atoms with Crippen molar-refractivity contribution in [1.82, 2.24) is 10.0 Å². The second-order valence-corrected chi connectivity index (χ2v) is 6.40. The van der Waals surface area contributed by atoms with E-state index in [-0.39, 0.29) is 35.7 Å². The summed E-state index contributed by atoms with van der Waals surface area (Å²) < 4.78 is 20.8. The van der Waals surface area contributed by atoms with Crippen LogP contribution in [0.15, 0.2) is 41.9 Å². The van der Waals surface area contributed by atoms with E-state index in [0.717, 1.165) is 12.0 Å². The van der Waals surface area contributed by atoms with E-state index in [4.69, 9.17) is 9.57 Å². The Labute approximate surface area is 161 Å². The van der Waals surface area contributed by atoms with Crippen LogP contribution in [0.25, 0.3) is 0 Å². The number of fused-ring (bicyclic) bond motifs is 1. The fraction of sp³-hybridized carbons (Fsp3) is 0.300. The van der Waals surface area contributed by atoms with E-state index in [2.05, 4.69) is 17.4 Å². The van der Waals surface area contributed by atoms with Crippen LogP contribution in [0.4, 0.5) is 15.8 Å². The van der Waals surface area contributed by atoms with Gasteiger partial charge in [0.05, 0.1) is 23.2 Å². The Morgan fingerprint density at radius 1 is 1.32 bits per heavy atom. The van der Waals surface area contributed by atoms with Crippen molar-refractivity contribution < 1.29 is 18.8 Å². The minimum Gasteiger partial charge on any atom is -0.499 e. The Hall–Kier alpha value is -3.13. The lowest BCUT2D eigenvalue weighted by Gasteiger charge is -2.17. The summed E-state index contributed by atoms with van der Waals surface area (Å²) in [6.07, 6.45) is 2.61. The molecule has 0 spiro atoms. The molecule has 7 nitrogen and oxygen atoms in total. The standard InChI is InChI=1S/C20H22FN3O4/c1-3-27-9-10-28-23-20(26)19-16(12-18(25)24-8-4-5-17(19)24)22-15-7-6-13(2)11-14(15)21/h3,6-7,11-12,22H,1,4-5,8-10H2,2H3,(H,23,26). The van der Waals surface area contributed by atoms with Crippen molar-refractivity contribution in [3.63, 3.8) is 0 Å². The van der Waals surface area contributed by atoms with Crippen LogP contribution in [-0.4, -0.2) is 23.7 Å². The zero-order chi connectivity index (χ0) is 20.1. The van der Waals surface area contributed by atoms with Gasteiger partial charge >= 0.3 is 0 Å². The number of nitrogens with one attached hydrogen (secondary N) is 2. The van der Waals surface area contributed by atoms with Gasteiger partial charge in [-0.2, -0.15) is 0 Å². The van der Waals surface area contributed by atoms with Crippen LogP contribution in [-0.2, 0) is 22.5 Å². The minimum atomic E-state index is -0.515. The summed E-state index contributed by atoms with van der Waals surface area (Å²) >= 11 is 0. The molecule has 2 N–H and O–H groups in total. The summed E-state index contributed by atoms with van der Waals surface area (Å²) in [5, 5.41) is 2.89. The molecule has 1 aliphatic rings. The highest BCUT2D eigenvalue weighted by Gasteiger charge is 2.25. The molecule has 0 radical (unpaired) electrons. The predicted molar refractivity (Wildman–Crippen MR) is 103 cm³/mol. The third-order valence-electron chi connectivity index (χ3n) is 4.42. The normalized spacial score (nSPS) is 12.4. The molecule has 1 aromatic carbocycles. The van der Waals surface area contributed by atoms with E-state index < -0.39 is 11.7 Å². The lowest BCUT2D eigenvalue weighted by molar-refractivity contribution is 0.0144. The molecule has 0 saturated carbocycles. The Bertz CT molecular complexity index is 955. The number of aromatic nitrogens is 1. The first-order valence-corrected chi connectivity index (χ1v) is 8.96. The molecule has 2 heterocycles. The maximum Gasteiger partial charge on any atom is 0.278 e. The SMILES string of the molecule is C=COCCONC(=O)c1c(Nc2ccc(C)cc2F)cc(=O)n2c1CCC2. The van der Waals surface area contributed by atoms with Gasteiger partial charge in [0, 0.05) is 18.3 Å². The number of carbonyl (C=O) groups excluding carboxylic acids is 1. The van der Waals surface area contributed by atoms with Gasteiger partial charge in [0.15, 0.2) is 0 Å². The van der Waals surface area contributed by atoms with E-state index in [1.54, 1.807) is 23.6 Å². The first kappa shape index (κ1) is 19.6. The first-order valence-electron chi connectivity index (χ1n) is 8.96. The van der Waals surface area contributed by atoms with Gasteiger partial charge < -0.3 is 14.6 Å². The summed E-state index contributed by atoms with van der Waals surface area (Å²) in [6, 6.07) is 6.00. The molecule has 148 valence electrons. The molecule has 2 aromatic rings. The largest absolute Gasteiger partial charge is 0.499 e. The van der Waals surface area contributed by atoms with Crippen LogP contribution < -0.4 is 16.4 Å². The molecule has 0 bridgehead atoms. The summed E-state index contributed by atoms with van der Waals surface area (Å²) in [5.41, 5.74) is 4.18. The average molecular weight is 387 g/mol. The number of anilines is 2. The van der Waals surface area contributed by atoms with E-state index in [1.165, 1.54) is 18.4 Å². The highest BCUT2D eigenvalue weighted by Crippen LogP contribution is 2.28. The summed E-state index contributed by atoms with van der Waals surface area (Å²) in [5.74, 6) is -0.982. The topological polar surface area (TPSA) is 81.6 Å². The van der Waals surface area contributed by atoms with Gasteiger partial charge in [-0.05, 0) is 37.5 Å².